The van der Waals surface area contributed by atoms with E-state index >= 15 is 0 Å². The van der Waals surface area contributed by atoms with Gasteiger partial charge in [0.25, 0.3) is 0 Å². The fourth-order valence-electron chi connectivity index (χ4n) is 2.38. The Morgan fingerprint density at radius 3 is 2.52 bits per heavy atom. The van der Waals surface area contributed by atoms with E-state index in [2.05, 4.69) is 0 Å². The van der Waals surface area contributed by atoms with E-state index in [1.165, 1.54) is 6.07 Å². The zero-order chi connectivity index (χ0) is 15.5. The van der Waals surface area contributed by atoms with Gasteiger partial charge in [-0.15, -0.1) is 0 Å². The molecule has 21 heavy (non-hydrogen) atoms. The van der Waals surface area contributed by atoms with E-state index < -0.39 is 27.1 Å². The number of benzene rings is 1. The molecule has 8 heteroatoms. The molecule has 1 fully saturated rings. The molecule has 0 atom stereocenters. The summed E-state index contributed by atoms with van der Waals surface area (Å²) in [7, 11) is -3.69. The molecule has 118 valence electrons. The van der Waals surface area contributed by atoms with Crippen LogP contribution >= 0.6 is 0 Å². The van der Waals surface area contributed by atoms with Crippen LogP contribution in [-0.2, 0) is 14.8 Å². The van der Waals surface area contributed by atoms with E-state index in [1.54, 1.807) is 0 Å². The van der Waals surface area contributed by atoms with E-state index in [4.69, 9.17) is 14.6 Å². The Morgan fingerprint density at radius 2 is 1.95 bits per heavy atom. The molecule has 0 bridgehead atoms. The number of hydrogen-bond acceptors (Lipinski definition) is 4. The molecule has 0 saturated carbocycles. The van der Waals surface area contributed by atoms with Crippen LogP contribution in [0.15, 0.2) is 18.2 Å². The molecule has 0 amide bonds. The second-order valence-electron chi connectivity index (χ2n) is 5.28. The van der Waals surface area contributed by atoms with Crippen molar-refractivity contribution in [2.24, 2.45) is 10.6 Å². The van der Waals surface area contributed by atoms with Gasteiger partial charge in [-0.1, -0.05) is 0 Å². The third-order valence-electron chi connectivity index (χ3n) is 3.49. The summed E-state index contributed by atoms with van der Waals surface area (Å²) in [6, 6.07) is 2.97. The Labute approximate surface area is 122 Å². The Balaban J connectivity index is 2.12. The molecule has 1 aromatic carbocycles. The first-order valence-corrected chi connectivity index (χ1v) is 8.17. The van der Waals surface area contributed by atoms with Crippen LogP contribution in [0, 0.1) is 17.0 Å². The maximum Gasteiger partial charge on any atom is 0.209 e. The van der Waals surface area contributed by atoms with Gasteiger partial charge < -0.3 is 9.47 Å². The van der Waals surface area contributed by atoms with Gasteiger partial charge in [0.2, 0.25) is 10.0 Å². The standard InChI is InChI=1S/C13H17F2NO4S/c14-10-1-2-12(11(15)7-10)20-8-13(9-21(16,17)18)3-5-19-6-4-13/h1-2,7H,3-6,8-9H2,(H2,16,17,18). The first kappa shape index (κ1) is 16.1. The second-order valence-corrected chi connectivity index (χ2v) is 6.90. The smallest absolute Gasteiger partial charge is 0.209 e. The van der Waals surface area contributed by atoms with E-state index in [-0.39, 0.29) is 18.1 Å². The van der Waals surface area contributed by atoms with Crippen LogP contribution in [0.25, 0.3) is 0 Å². The molecule has 1 aliphatic rings. The van der Waals surface area contributed by atoms with Gasteiger partial charge in [-0.05, 0) is 25.0 Å². The van der Waals surface area contributed by atoms with Crippen molar-refractivity contribution in [3.05, 3.63) is 29.8 Å². The summed E-state index contributed by atoms with van der Waals surface area (Å²) >= 11 is 0. The summed E-state index contributed by atoms with van der Waals surface area (Å²) in [6.07, 6.45) is 0.901. The summed E-state index contributed by atoms with van der Waals surface area (Å²) in [5.41, 5.74) is -0.716. The molecular weight excluding hydrogens is 304 g/mol. The largest absolute Gasteiger partial charge is 0.490 e. The molecule has 2 rings (SSSR count). The minimum atomic E-state index is -3.69. The van der Waals surface area contributed by atoms with Crippen molar-refractivity contribution in [2.75, 3.05) is 25.6 Å². The summed E-state index contributed by atoms with van der Waals surface area (Å²) in [6.45, 7) is 0.769. The lowest BCUT2D eigenvalue weighted by atomic mass is 9.83. The lowest BCUT2D eigenvalue weighted by Crippen LogP contribution is -2.42. The zero-order valence-electron chi connectivity index (χ0n) is 11.3. The lowest BCUT2D eigenvalue weighted by Gasteiger charge is -2.36. The Morgan fingerprint density at radius 1 is 1.29 bits per heavy atom. The Bertz CT molecular complexity index is 600. The molecule has 0 unspecified atom stereocenters. The third-order valence-corrected chi connectivity index (χ3v) is 4.50. The van der Waals surface area contributed by atoms with Gasteiger partial charge in [-0.2, -0.15) is 0 Å². The maximum atomic E-state index is 13.5. The van der Waals surface area contributed by atoms with Crippen molar-refractivity contribution in [1.82, 2.24) is 0 Å². The average Bonchev–Trinajstić information content (AvgIpc) is 2.37. The Hall–Kier alpha value is -1.25. The van der Waals surface area contributed by atoms with Crippen molar-refractivity contribution >= 4 is 10.0 Å². The van der Waals surface area contributed by atoms with Crippen LogP contribution in [0.5, 0.6) is 5.75 Å². The van der Waals surface area contributed by atoms with Crippen LogP contribution < -0.4 is 9.88 Å². The van der Waals surface area contributed by atoms with Gasteiger partial charge in [0.05, 0.1) is 12.4 Å². The SMILES string of the molecule is NS(=O)(=O)CC1(COc2ccc(F)cc2F)CCOCC1. The van der Waals surface area contributed by atoms with Crippen molar-refractivity contribution in [2.45, 2.75) is 12.8 Å². The summed E-state index contributed by atoms with van der Waals surface area (Å²) in [4.78, 5) is 0. The maximum absolute atomic E-state index is 13.5. The van der Waals surface area contributed by atoms with E-state index in [0.29, 0.717) is 32.1 Å². The van der Waals surface area contributed by atoms with Gasteiger partial charge in [0, 0.05) is 24.7 Å². The summed E-state index contributed by atoms with van der Waals surface area (Å²) in [5.74, 6) is -1.90. The Kier molecular flexibility index (Phi) is 4.80. The molecule has 1 aromatic rings. The molecule has 0 radical (unpaired) electrons. The van der Waals surface area contributed by atoms with Gasteiger partial charge in [-0.3, -0.25) is 0 Å². The zero-order valence-corrected chi connectivity index (χ0v) is 12.2. The van der Waals surface area contributed by atoms with E-state index in [9.17, 15) is 17.2 Å². The molecule has 1 heterocycles. The molecule has 5 nitrogen and oxygen atoms in total. The van der Waals surface area contributed by atoms with E-state index in [0.717, 1.165) is 6.07 Å². The van der Waals surface area contributed by atoms with Crippen LogP contribution in [0.1, 0.15) is 12.8 Å². The monoisotopic (exact) mass is 321 g/mol. The van der Waals surface area contributed by atoms with Crippen LogP contribution in [0.4, 0.5) is 8.78 Å². The molecule has 0 spiro atoms. The van der Waals surface area contributed by atoms with Gasteiger partial charge in [0.1, 0.15) is 5.82 Å². The number of rotatable bonds is 5. The predicted molar refractivity (Wildman–Crippen MR) is 72.3 cm³/mol. The number of sulfonamides is 1. The van der Waals surface area contributed by atoms with E-state index in [1.807, 2.05) is 0 Å². The highest BCUT2D eigenvalue weighted by Gasteiger charge is 2.37. The molecular formula is C13H17F2NO4S. The fraction of sp³-hybridized carbons (Fsp3) is 0.538. The second kappa shape index (κ2) is 6.25. The number of hydrogen-bond donors (Lipinski definition) is 1. The summed E-state index contributed by atoms with van der Waals surface area (Å²) < 4.78 is 59.7. The third kappa shape index (κ3) is 4.62. The molecule has 1 aliphatic heterocycles. The molecule has 1 saturated heterocycles. The van der Waals surface area contributed by atoms with Crippen LogP contribution in [-0.4, -0.2) is 34.0 Å². The quantitative estimate of drug-likeness (QED) is 0.890. The van der Waals surface area contributed by atoms with Gasteiger partial charge in [-0.25, -0.2) is 22.3 Å². The van der Waals surface area contributed by atoms with Crippen molar-refractivity contribution in [3.8, 4) is 5.75 Å². The normalized spacial score (nSPS) is 18.4. The predicted octanol–water partition coefficient (Wildman–Crippen LogP) is 1.43. The van der Waals surface area contributed by atoms with Crippen LogP contribution in [0.2, 0.25) is 0 Å². The van der Waals surface area contributed by atoms with Gasteiger partial charge in [0.15, 0.2) is 11.6 Å². The average molecular weight is 321 g/mol. The highest BCUT2D eigenvalue weighted by Crippen LogP contribution is 2.33. The summed E-state index contributed by atoms with van der Waals surface area (Å²) in [5, 5.41) is 5.12. The first-order chi connectivity index (χ1) is 9.80. The first-order valence-electron chi connectivity index (χ1n) is 6.46. The van der Waals surface area contributed by atoms with Crippen molar-refractivity contribution < 1.29 is 26.7 Å². The van der Waals surface area contributed by atoms with Crippen molar-refractivity contribution in [1.29, 1.82) is 0 Å². The molecule has 0 aliphatic carbocycles. The number of halogens is 2. The highest BCUT2D eigenvalue weighted by molar-refractivity contribution is 7.89. The number of nitrogens with two attached hydrogens (primary N) is 1. The molecule has 0 aromatic heterocycles. The van der Waals surface area contributed by atoms with Gasteiger partial charge >= 0.3 is 0 Å². The lowest BCUT2D eigenvalue weighted by molar-refractivity contribution is 0.00143. The topological polar surface area (TPSA) is 78.6 Å². The molecule has 2 N–H and O–H groups in total. The number of ether oxygens (including phenoxy) is 2. The number of primary sulfonamides is 1. The van der Waals surface area contributed by atoms with Crippen LogP contribution in [0.3, 0.4) is 0 Å². The fourth-order valence-corrected chi connectivity index (χ4v) is 3.61. The minimum absolute atomic E-state index is 0.0185. The van der Waals surface area contributed by atoms with Crippen molar-refractivity contribution in [3.63, 3.8) is 0 Å². The minimum Gasteiger partial charge on any atom is -0.490 e. The highest BCUT2D eigenvalue weighted by atomic mass is 32.2.